The third kappa shape index (κ3) is 3.79. The summed E-state index contributed by atoms with van der Waals surface area (Å²) in [6.07, 6.45) is 1.41. The van der Waals surface area contributed by atoms with Crippen LogP contribution >= 0.6 is 22.9 Å². The van der Waals surface area contributed by atoms with Crippen LogP contribution in [0, 0.1) is 12.7 Å². The predicted octanol–water partition coefficient (Wildman–Crippen LogP) is 4.36. The number of fused-ring (bicyclic) bond motifs is 1. The Balaban J connectivity index is 1.58. The van der Waals surface area contributed by atoms with E-state index in [0.717, 1.165) is 10.6 Å². The Morgan fingerprint density at radius 2 is 2.20 bits per heavy atom. The van der Waals surface area contributed by atoms with Crippen LogP contribution in [-0.2, 0) is 6.61 Å². The minimum Gasteiger partial charge on any atom is -0.485 e. The molecular weight excluding hydrogens is 433 g/mol. The van der Waals surface area contributed by atoms with E-state index in [9.17, 15) is 4.79 Å². The fourth-order valence-electron chi connectivity index (χ4n) is 2.76. The van der Waals surface area contributed by atoms with Crippen LogP contribution in [0.25, 0.3) is 11.0 Å². The fourth-order valence-corrected chi connectivity index (χ4v) is 3.68. The molecule has 0 aliphatic carbocycles. The standard InChI is InChI=1S/C19H15ClFN5O3S/c1-9-14(30-8-23-9)7-29-13-4-3-12(20)15(16(13)21)18(27)24-10-5-11-17(22-6-10)25-26-19(11)28-2/h3-6,8H,7H2,1-2H3,(H,24,27)(H,22,25,26). The molecule has 0 fully saturated rings. The number of benzene rings is 1. The molecule has 3 aromatic heterocycles. The van der Waals surface area contributed by atoms with Crippen LogP contribution in [0.3, 0.4) is 0 Å². The Bertz CT molecular complexity index is 1240. The van der Waals surface area contributed by atoms with Crippen molar-refractivity contribution in [2.24, 2.45) is 0 Å². The van der Waals surface area contributed by atoms with Gasteiger partial charge >= 0.3 is 0 Å². The number of hydrogen-bond donors (Lipinski definition) is 2. The molecule has 0 unspecified atom stereocenters. The van der Waals surface area contributed by atoms with E-state index in [2.05, 4.69) is 25.5 Å². The summed E-state index contributed by atoms with van der Waals surface area (Å²) < 4.78 is 25.7. The normalized spacial score (nSPS) is 10.9. The topological polar surface area (TPSA) is 102 Å². The molecule has 0 aliphatic rings. The summed E-state index contributed by atoms with van der Waals surface area (Å²) in [4.78, 5) is 21.9. The van der Waals surface area contributed by atoms with Crippen LogP contribution < -0.4 is 14.8 Å². The number of methoxy groups -OCH3 is 1. The first-order valence-electron chi connectivity index (χ1n) is 8.67. The van der Waals surface area contributed by atoms with E-state index in [1.54, 1.807) is 11.6 Å². The maximum absolute atomic E-state index is 15.0. The van der Waals surface area contributed by atoms with E-state index in [4.69, 9.17) is 21.1 Å². The highest BCUT2D eigenvalue weighted by Gasteiger charge is 2.21. The number of aromatic nitrogens is 4. The van der Waals surface area contributed by atoms with Crippen LogP contribution in [0.4, 0.5) is 10.1 Å². The van der Waals surface area contributed by atoms with Gasteiger partial charge in [-0.1, -0.05) is 11.6 Å². The third-order valence-corrected chi connectivity index (χ3v) is 5.54. The average molecular weight is 448 g/mol. The molecule has 0 saturated carbocycles. The molecular formula is C19H15ClFN5O3S. The summed E-state index contributed by atoms with van der Waals surface area (Å²) in [7, 11) is 1.47. The third-order valence-electron chi connectivity index (χ3n) is 4.32. The number of rotatable bonds is 6. The number of carbonyl (C=O) groups excluding carboxylic acids is 1. The molecule has 0 atom stereocenters. The van der Waals surface area contributed by atoms with Crippen molar-refractivity contribution < 1.29 is 18.7 Å². The average Bonchev–Trinajstić information content (AvgIpc) is 3.32. The highest BCUT2D eigenvalue weighted by Crippen LogP contribution is 2.30. The number of anilines is 1. The minimum atomic E-state index is -0.850. The highest BCUT2D eigenvalue weighted by atomic mass is 35.5. The predicted molar refractivity (Wildman–Crippen MR) is 111 cm³/mol. The Labute approximate surface area is 179 Å². The molecule has 1 amide bonds. The van der Waals surface area contributed by atoms with E-state index in [1.807, 2.05) is 6.92 Å². The number of amides is 1. The number of hydrogen-bond acceptors (Lipinski definition) is 7. The van der Waals surface area contributed by atoms with Gasteiger partial charge in [-0.05, 0) is 25.1 Å². The van der Waals surface area contributed by atoms with Crippen molar-refractivity contribution in [2.45, 2.75) is 13.5 Å². The van der Waals surface area contributed by atoms with E-state index < -0.39 is 11.7 Å². The lowest BCUT2D eigenvalue weighted by Crippen LogP contribution is -2.15. The lowest BCUT2D eigenvalue weighted by molar-refractivity contribution is 0.102. The number of nitrogens with zero attached hydrogens (tertiary/aromatic N) is 3. The molecule has 11 heteroatoms. The largest absolute Gasteiger partial charge is 0.485 e. The zero-order valence-electron chi connectivity index (χ0n) is 15.8. The van der Waals surface area contributed by atoms with E-state index >= 15 is 4.39 Å². The summed E-state index contributed by atoms with van der Waals surface area (Å²) in [5, 5.41) is 9.78. The zero-order chi connectivity index (χ0) is 21.3. The van der Waals surface area contributed by atoms with Gasteiger partial charge in [-0.25, -0.2) is 14.4 Å². The van der Waals surface area contributed by atoms with Crippen LogP contribution in [0.5, 0.6) is 11.6 Å². The van der Waals surface area contributed by atoms with Crippen molar-refractivity contribution in [1.82, 2.24) is 20.2 Å². The van der Waals surface area contributed by atoms with Crippen molar-refractivity contribution in [3.63, 3.8) is 0 Å². The van der Waals surface area contributed by atoms with Gasteiger partial charge < -0.3 is 14.8 Å². The summed E-state index contributed by atoms with van der Waals surface area (Å²) >= 11 is 7.50. The number of aromatic amines is 1. The quantitative estimate of drug-likeness (QED) is 0.455. The molecule has 2 N–H and O–H groups in total. The number of H-pyrrole nitrogens is 1. The van der Waals surface area contributed by atoms with Gasteiger partial charge in [-0.2, -0.15) is 0 Å². The monoisotopic (exact) mass is 447 g/mol. The number of aryl methyl sites for hydroxylation is 1. The molecule has 0 saturated heterocycles. The SMILES string of the molecule is COc1n[nH]c2ncc(NC(=O)c3c(Cl)ccc(OCc4scnc4C)c3F)cc12. The van der Waals surface area contributed by atoms with E-state index in [0.29, 0.717) is 22.6 Å². The number of carbonyl (C=O) groups is 1. The first-order valence-corrected chi connectivity index (χ1v) is 9.93. The molecule has 0 aliphatic heterocycles. The second-order valence-electron chi connectivity index (χ2n) is 6.19. The molecule has 154 valence electrons. The summed E-state index contributed by atoms with van der Waals surface area (Å²) in [5.74, 6) is -1.34. The Kier molecular flexibility index (Phi) is 5.51. The second-order valence-corrected chi connectivity index (χ2v) is 7.54. The highest BCUT2D eigenvalue weighted by molar-refractivity contribution is 7.09. The minimum absolute atomic E-state index is 0.0405. The van der Waals surface area contributed by atoms with Gasteiger partial charge in [-0.3, -0.25) is 9.89 Å². The maximum Gasteiger partial charge on any atom is 0.260 e. The van der Waals surface area contributed by atoms with Crippen molar-refractivity contribution in [2.75, 3.05) is 12.4 Å². The smallest absolute Gasteiger partial charge is 0.260 e. The van der Waals surface area contributed by atoms with Gasteiger partial charge in [-0.15, -0.1) is 16.4 Å². The van der Waals surface area contributed by atoms with Crippen molar-refractivity contribution in [3.8, 4) is 11.6 Å². The lowest BCUT2D eigenvalue weighted by Gasteiger charge is -2.12. The van der Waals surface area contributed by atoms with Gasteiger partial charge in [0, 0.05) is 0 Å². The number of nitrogens with one attached hydrogen (secondary N) is 2. The zero-order valence-corrected chi connectivity index (χ0v) is 17.4. The first kappa shape index (κ1) is 20.0. The van der Waals surface area contributed by atoms with Crippen molar-refractivity contribution in [3.05, 3.63) is 56.9 Å². The van der Waals surface area contributed by atoms with Crippen LogP contribution in [0.15, 0.2) is 29.9 Å². The van der Waals surface area contributed by atoms with Crippen LogP contribution in [0.1, 0.15) is 20.9 Å². The summed E-state index contributed by atoms with van der Waals surface area (Å²) in [6.45, 7) is 1.98. The molecule has 1 aromatic carbocycles. The second kappa shape index (κ2) is 8.25. The molecule has 0 bridgehead atoms. The van der Waals surface area contributed by atoms with Gasteiger partial charge in [0.25, 0.3) is 5.91 Å². The molecule has 0 spiro atoms. The summed E-state index contributed by atoms with van der Waals surface area (Å²) in [5.41, 5.74) is 2.99. The lowest BCUT2D eigenvalue weighted by atomic mass is 10.1. The van der Waals surface area contributed by atoms with Crippen molar-refractivity contribution in [1.29, 1.82) is 0 Å². The van der Waals surface area contributed by atoms with Gasteiger partial charge in [0.1, 0.15) is 6.61 Å². The number of halogens is 2. The Hall–Kier alpha value is -3.24. The number of ether oxygens (including phenoxy) is 2. The van der Waals surface area contributed by atoms with Gasteiger partial charge in [0.2, 0.25) is 5.88 Å². The molecule has 8 nitrogen and oxygen atoms in total. The van der Waals surface area contributed by atoms with E-state index in [1.165, 1.54) is 36.8 Å². The Morgan fingerprint density at radius 3 is 2.93 bits per heavy atom. The van der Waals surface area contributed by atoms with Gasteiger partial charge in [0.15, 0.2) is 17.2 Å². The molecule has 4 aromatic rings. The molecule has 30 heavy (non-hydrogen) atoms. The molecule has 0 radical (unpaired) electrons. The van der Waals surface area contributed by atoms with E-state index in [-0.39, 0.29) is 22.9 Å². The number of pyridine rings is 1. The maximum atomic E-state index is 15.0. The fraction of sp³-hybridized carbons (Fsp3) is 0.158. The molecule has 3 heterocycles. The Morgan fingerprint density at radius 1 is 1.37 bits per heavy atom. The van der Waals surface area contributed by atoms with Crippen LogP contribution in [0.2, 0.25) is 5.02 Å². The first-order chi connectivity index (χ1) is 14.5. The number of thiazole rings is 1. The summed E-state index contributed by atoms with van der Waals surface area (Å²) in [6, 6.07) is 4.41. The van der Waals surface area contributed by atoms with Crippen LogP contribution in [-0.4, -0.2) is 33.2 Å². The van der Waals surface area contributed by atoms with Gasteiger partial charge in [0.05, 0.1) is 51.0 Å². The molecule has 4 rings (SSSR count). The van der Waals surface area contributed by atoms with Crippen molar-refractivity contribution >= 4 is 45.6 Å².